The van der Waals surface area contributed by atoms with Gasteiger partial charge in [0.1, 0.15) is 0 Å². The molecule has 0 bridgehead atoms. The molecule has 1 aromatic carbocycles. The maximum atomic E-state index is 8.90. The quantitative estimate of drug-likeness (QED) is 0.854. The first kappa shape index (κ1) is 13.7. The largest absolute Gasteiger partial charge is 0.481 e. The monoisotopic (exact) mass is 292 g/mol. The zero-order chi connectivity index (χ0) is 13.8. The minimum atomic E-state index is 0.257. The van der Waals surface area contributed by atoms with Gasteiger partial charge in [0.15, 0.2) is 0 Å². The summed E-state index contributed by atoms with van der Waals surface area (Å²) in [5.74, 6) is 0.471. The molecule has 2 aromatic rings. The predicted molar refractivity (Wildman–Crippen MR) is 75.6 cm³/mol. The number of pyridine rings is 1. The van der Waals surface area contributed by atoms with Crippen molar-refractivity contribution in [2.75, 3.05) is 7.11 Å². The fourth-order valence-corrected chi connectivity index (χ4v) is 2.28. The van der Waals surface area contributed by atoms with Gasteiger partial charge in [-0.3, -0.25) is 0 Å². The van der Waals surface area contributed by atoms with Crippen molar-refractivity contribution >= 4 is 23.2 Å². The van der Waals surface area contributed by atoms with Crippen molar-refractivity contribution in [3.8, 4) is 23.1 Å². The molecule has 0 aliphatic rings. The zero-order valence-electron chi connectivity index (χ0n) is 10.2. The van der Waals surface area contributed by atoms with Gasteiger partial charge in [-0.25, -0.2) is 4.98 Å². The Labute approximate surface area is 121 Å². The standard InChI is InChI=1S/C14H10Cl2N2O/c1-19-14-6-9(4-5-17)12(8-18-14)11-3-2-10(15)7-13(11)16/h2-3,6-8H,4H2,1H3. The van der Waals surface area contributed by atoms with Gasteiger partial charge in [-0.1, -0.05) is 29.3 Å². The van der Waals surface area contributed by atoms with Gasteiger partial charge in [0.05, 0.1) is 19.6 Å². The van der Waals surface area contributed by atoms with Crippen molar-refractivity contribution in [3.63, 3.8) is 0 Å². The summed E-state index contributed by atoms with van der Waals surface area (Å²) >= 11 is 12.1. The number of hydrogen-bond donors (Lipinski definition) is 0. The van der Waals surface area contributed by atoms with Crippen LogP contribution < -0.4 is 4.74 Å². The Kier molecular flexibility index (Phi) is 4.26. The molecule has 0 N–H and O–H groups in total. The van der Waals surface area contributed by atoms with Gasteiger partial charge in [-0.05, 0) is 17.7 Å². The minimum absolute atomic E-state index is 0.257. The molecule has 5 heteroatoms. The molecular weight excluding hydrogens is 283 g/mol. The molecule has 19 heavy (non-hydrogen) atoms. The van der Waals surface area contributed by atoms with Crippen molar-refractivity contribution in [3.05, 3.63) is 46.1 Å². The summed E-state index contributed by atoms with van der Waals surface area (Å²) in [7, 11) is 1.54. The summed E-state index contributed by atoms with van der Waals surface area (Å²) in [5.41, 5.74) is 2.43. The number of nitriles is 1. The van der Waals surface area contributed by atoms with Crippen molar-refractivity contribution in [2.45, 2.75) is 6.42 Å². The smallest absolute Gasteiger partial charge is 0.213 e. The number of ether oxygens (including phenoxy) is 1. The molecule has 1 heterocycles. The minimum Gasteiger partial charge on any atom is -0.481 e. The van der Waals surface area contributed by atoms with Gasteiger partial charge in [0.2, 0.25) is 5.88 Å². The Morgan fingerprint density at radius 2 is 2.05 bits per heavy atom. The number of methoxy groups -OCH3 is 1. The van der Waals surface area contributed by atoms with Gasteiger partial charge in [0, 0.05) is 33.4 Å². The Bertz CT molecular complexity index is 650. The number of benzene rings is 1. The Morgan fingerprint density at radius 3 is 2.68 bits per heavy atom. The third-order valence-electron chi connectivity index (χ3n) is 2.66. The van der Waals surface area contributed by atoms with E-state index in [9.17, 15) is 0 Å². The number of rotatable bonds is 3. The molecule has 1 aromatic heterocycles. The van der Waals surface area contributed by atoms with Crippen molar-refractivity contribution < 1.29 is 4.74 Å². The Balaban J connectivity index is 2.58. The van der Waals surface area contributed by atoms with Gasteiger partial charge in [-0.2, -0.15) is 5.26 Å². The molecule has 0 spiro atoms. The van der Waals surface area contributed by atoms with Crippen LogP contribution in [0.3, 0.4) is 0 Å². The first-order valence-electron chi connectivity index (χ1n) is 5.51. The summed E-state index contributed by atoms with van der Waals surface area (Å²) in [6.07, 6.45) is 1.91. The van der Waals surface area contributed by atoms with E-state index in [2.05, 4.69) is 11.1 Å². The van der Waals surface area contributed by atoms with Gasteiger partial charge >= 0.3 is 0 Å². The lowest BCUT2D eigenvalue weighted by Crippen LogP contribution is -1.94. The third-order valence-corrected chi connectivity index (χ3v) is 3.21. The van der Waals surface area contributed by atoms with E-state index in [4.69, 9.17) is 33.2 Å². The summed E-state index contributed by atoms with van der Waals surface area (Å²) in [6.45, 7) is 0. The van der Waals surface area contributed by atoms with E-state index in [1.807, 2.05) is 6.07 Å². The average Bonchev–Trinajstić information content (AvgIpc) is 2.40. The van der Waals surface area contributed by atoms with Crippen LogP contribution in [0.25, 0.3) is 11.1 Å². The second-order valence-electron chi connectivity index (χ2n) is 3.84. The molecule has 0 unspecified atom stereocenters. The lowest BCUT2D eigenvalue weighted by atomic mass is 10.0. The summed E-state index contributed by atoms with van der Waals surface area (Å²) in [4.78, 5) is 4.16. The molecule has 3 nitrogen and oxygen atoms in total. The highest BCUT2D eigenvalue weighted by atomic mass is 35.5. The maximum Gasteiger partial charge on any atom is 0.213 e. The van der Waals surface area contributed by atoms with Crippen LogP contribution in [-0.2, 0) is 6.42 Å². The van der Waals surface area contributed by atoms with Crippen LogP contribution in [0.2, 0.25) is 10.0 Å². The van der Waals surface area contributed by atoms with E-state index in [0.717, 1.165) is 16.7 Å². The second kappa shape index (κ2) is 5.92. The SMILES string of the molecule is COc1cc(CC#N)c(-c2ccc(Cl)cc2Cl)cn1. The van der Waals surface area contributed by atoms with Gasteiger partial charge < -0.3 is 4.74 Å². The normalized spacial score (nSPS) is 10.0. The summed E-state index contributed by atoms with van der Waals surface area (Å²) < 4.78 is 5.07. The molecule has 0 radical (unpaired) electrons. The topological polar surface area (TPSA) is 45.9 Å². The Hall–Kier alpha value is -1.76. The molecule has 96 valence electrons. The van der Waals surface area contributed by atoms with Crippen LogP contribution in [-0.4, -0.2) is 12.1 Å². The van der Waals surface area contributed by atoms with E-state index >= 15 is 0 Å². The maximum absolute atomic E-state index is 8.90. The predicted octanol–water partition coefficient (Wildman–Crippen LogP) is 4.13. The molecule has 0 amide bonds. The van der Waals surface area contributed by atoms with E-state index in [1.54, 1.807) is 24.4 Å². The highest BCUT2D eigenvalue weighted by molar-refractivity contribution is 6.36. The molecule has 2 rings (SSSR count). The van der Waals surface area contributed by atoms with E-state index < -0.39 is 0 Å². The molecule has 0 saturated carbocycles. The van der Waals surface area contributed by atoms with Crippen LogP contribution in [0.15, 0.2) is 30.5 Å². The van der Waals surface area contributed by atoms with E-state index in [0.29, 0.717) is 15.9 Å². The highest BCUT2D eigenvalue weighted by Gasteiger charge is 2.11. The molecule has 0 saturated heterocycles. The van der Waals surface area contributed by atoms with Crippen molar-refractivity contribution in [1.29, 1.82) is 5.26 Å². The Morgan fingerprint density at radius 1 is 1.26 bits per heavy atom. The molecule has 0 atom stereocenters. The third kappa shape index (κ3) is 2.98. The molecule has 0 aliphatic carbocycles. The van der Waals surface area contributed by atoms with Crippen LogP contribution in [0, 0.1) is 11.3 Å². The number of halogens is 2. The number of aromatic nitrogens is 1. The lowest BCUT2D eigenvalue weighted by molar-refractivity contribution is 0.397. The van der Waals surface area contributed by atoms with E-state index in [-0.39, 0.29) is 6.42 Å². The first-order chi connectivity index (χ1) is 9.15. The van der Waals surface area contributed by atoms with Crippen LogP contribution >= 0.6 is 23.2 Å². The fourth-order valence-electron chi connectivity index (χ4n) is 1.77. The van der Waals surface area contributed by atoms with Gasteiger partial charge in [-0.15, -0.1) is 0 Å². The van der Waals surface area contributed by atoms with E-state index in [1.165, 1.54) is 7.11 Å². The van der Waals surface area contributed by atoms with Crippen molar-refractivity contribution in [1.82, 2.24) is 4.98 Å². The lowest BCUT2D eigenvalue weighted by Gasteiger charge is -2.10. The average molecular weight is 293 g/mol. The number of hydrogen-bond acceptors (Lipinski definition) is 3. The first-order valence-corrected chi connectivity index (χ1v) is 6.26. The summed E-state index contributed by atoms with van der Waals surface area (Å²) in [5, 5.41) is 10.00. The molecular formula is C14H10Cl2N2O. The van der Waals surface area contributed by atoms with Crippen LogP contribution in [0.5, 0.6) is 5.88 Å². The van der Waals surface area contributed by atoms with Crippen LogP contribution in [0.1, 0.15) is 5.56 Å². The molecule has 0 aliphatic heterocycles. The van der Waals surface area contributed by atoms with Gasteiger partial charge in [0.25, 0.3) is 0 Å². The van der Waals surface area contributed by atoms with Crippen LogP contribution in [0.4, 0.5) is 0 Å². The summed E-state index contributed by atoms with van der Waals surface area (Å²) in [6, 6.07) is 9.10. The fraction of sp³-hybridized carbons (Fsp3) is 0.143. The second-order valence-corrected chi connectivity index (χ2v) is 4.69. The number of nitrogens with zero attached hydrogens (tertiary/aromatic N) is 2. The highest BCUT2D eigenvalue weighted by Crippen LogP contribution is 2.33. The molecule has 0 fully saturated rings. The zero-order valence-corrected chi connectivity index (χ0v) is 11.7. The van der Waals surface area contributed by atoms with Crippen molar-refractivity contribution in [2.24, 2.45) is 0 Å².